The van der Waals surface area contributed by atoms with Gasteiger partial charge in [0, 0.05) is 5.92 Å². The Balaban J connectivity index is 1.72. The van der Waals surface area contributed by atoms with E-state index in [1.807, 2.05) is 18.2 Å². The molecule has 0 spiro atoms. The number of amides is 1. The lowest BCUT2D eigenvalue weighted by Gasteiger charge is -2.06. The van der Waals surface area contributed by atoms with Gasteiger partial charge in [0.1, 0.15) is 6.54 Å². The van der Waals surface area contributed by atoms with Gasteiger partial charge in [0.2, 0.25) is 5.91 Å². The zero-order valence-corrected chi connectivity index (χ0v) is 11.8. The van der Waals surface area contributed by atoms with Gasteiger partial charge in [0.05, 0.1) is 7.11 Å². The second-order valence-electron chi connectivity index (χ2n) is 5.31. The number of esters is 1. The summed E-state index contributed by atoms with van der Waals surface area (Å²) in [5, 5.41) is 5.02. The first-order valence-corrected chi connectivity index (χ1v) is 7.03. The van der Waals surface area contributed by atoms with E-state index in [2.05, 4.69) is 34.3 Å². The van der Waals surface area contributed by atoms with Gasteiger partial charge in [-0.2, -0.15) is 0 Å². The average molecular weight is 283 g/mol. The van der Waals surface area contributed by atoms with E-state index in [0.29, 0.717) is 0 Å². The van der Waals surface area contributed by atoms with Crippen LogP contribution in [0.1, 0.15) is 17.9 Å². The second-order valence-corrected chi connectivity index (χ2v) is 5.31. The van der Waals surface area contributed by atoms with Crippen LogP contribution in [0.5, 0.6) is 0 Å². The number of hydrogen-bond acceptors (Lipinski definition) is 3. The normalized spacial score (nSPS) is 20.0. The molecule has 0 unspecified atom stereocenters. The Kier molecular flexibility index (Phi) is 3.60. The molecule has 2 aromatic carbocycles. The molecule has 108 valence electrons. The third-order valence-electron chi connectivity index (χ3n) is 3.98. The largest absolute Gasteiger partial charge is 0.468 e. The predicted octanol–water partition coefficient (Wildman–Crippen LogP) is 2.23. The lowest BCUT2D eigenvalue weighted by Crippen LogP contribution is -2.31. The maximum absolute atomic E-state index is 12.0. The highest BCUT2D eigenvalue weighted by atomic mass is 16.5. The summed E-state index contributed by atoms with van der Waals surface area (Å²) in [4.78, 5) is 23.1. The first-order chi connectivity index (χ1) is 10.2. The summed E-state index contributed by atoms with van der Waals surface area (Å²) in [5.41, 5.74) is 1.21. The van der Waals surface area contributed by atoms with Crippen LogP contribution in [0.2, 0.25) is 0 Å². The van der Waals surface area contributed by atoms with Crippen molar-refractivity contribution in [1.29, 1.82) is 0 Å². The van der Waals surface area contributed by atoms with E-state index >= 15 is 0 Å². The molecule has 4 heteroatoms. The molecule has 1 fully saturated rings. The maximum atomic E-state index is 12.0. The third kappa shape index (κ3) is 2.75. The van der Waals surface area contributed by atoms with Crippen LogP contribution in [0.15, 0.2) is 42.5 Å². The highest BCUT2D eigenvalue weighted by molar-refractivity contribution is 5.90. The minimum absolute atomic E-state index is 0.0412. The monoisotopic (exact) mass is 283 g/mol. The van der Waals surface area contributed by atoms with Crippen LogP contribution in [-0.2, 0) is 14.3 Å². The lowest BCUT2D eigenvalue weighted by molar-refractivity contribution is -0.141. The topological polar surface area (TPSA) is 55.4 Å². The molecule has 2 atom stereocenters. The van der Waals surface area contributed by atoms with E-state index in [4.69, 9.17) is 0 Å². The SMILES string of the molecule is COC(=O)CNC(=O)[C@H]1C[C@H]1c1cccc2ccccc12. The standard InChI is InChI=1S/C17H17NO3/c1-21-16(19)10-18-17(20)15-9-14(15)13-8-4-6-11-5-2-3-7-12(11)13/h2-8,14-15H,9-10H2,1H3,(H,18,20)/t14-,15-/m0/s1. The Morgan fingerprint density at radius 2 is 1.95 bits per heavy atom. The fourth-order valence-electron chi connectivity index (χ4n) is 2.76. The van der Waals surface area contributed by atoms with Gasteiger partial charge in [-0.1, -0.05) is 42.5 Å². The van der Waals surface area contributed by atoms with Crippen LogP contribution in [0, 0.1) is 5.92 Å². The first-order valence-electron chi connectivity index (χ1n) is 7.03. The highest BCUT2D eigenvalue weighted by Crippen LogP contribution is 2.49. The summed E-state index contributed by atoms with van der Waals surface area (Å²) in [6, 6.07) is 14.4. The number of carbonyl (C=O) groups excluding carboxylic acids is 2. The number of benzene rings is 2. The van der Waals surface area contributed by atoms with Crippen LogP contribution in [0.4, 0.5) is 0 Å². The number of nitrogens with one attached hydrogen (secondary N) is 1. The van der Waals surface area contributed by atoms with Crippen LogP contribution in [0.3, 0.4) is 0 Å². The van der Waals surface area contributed by atoms with Crippen LogP contribution in [-0.4, -0.2) is 25.5 Å². The van der Waals surface area contributed by atoms with Gasteiger partial charge in [-0.3, -0.25) is 9.59 Å². The summed E-state index contributed by atoms with van der Waals surface area (Å²) in [7, 11) is 1.31. The zero-order valence-electron chi connectivity index (χ0n) is 11.8. The van der Waals surface area contributed by atoms with Crippen LogP contribution >= 0.6 is 0 Å². The van der Waals surface area contributed by atoms with Gasteiger partial charge in [0.25, 0.3) is 0 Å². The van der Waals surface area contributed by atoms with Crippen molar-refractivity contribution in [2.24, 2.45) is 5.92 Å². The number of carbonyl (C=O) groups is 2. The smallest absolute Gasteiger partial charge is 0.325 e. The molecule has 0 aromatic heterocycles. The molecule has 0 saturated heterocycles. The van der Waals surface area contributed by atoms with Gasteiger partial charge in [-0.15, -0.1) is 0 Å². The van der Waals surface area contributed by atoms with E-state index in [-0.39, 0.29) is 24.3 Å². The molecule has 1 aliphatic rings. The van der Waals surface area contributed by atoms with Crippen molar-refractivity contribution >= 4 is 22.6 Å². The highest BCUT2D eigenvalue weighted by Gasteiger charge is 2.44. The van der Waals surface area contributed by atoms with E-state index in [1.54, 1.807) is 0 Å². The molecule has 3 rings (SSSR count). The van der Waals surface area contributed by atoms with E-state index in [9.17, 15) is 9.59 Å². The molecule has 1 saturated carbocycles. The second kappa shape index (κ2) is 5.56. The molecule has 1 N–H and O–H groups in total. The Hall–Kier alpha value is -2.36. The van der Waals surface area contributed by atoms with Crippen molar-refractivity contribution in [2.75, 3.05) is 13.7 Å². The van der Waals surface area contributed by atoms with Crippen LogP contribution in [0.25, 0.3) is 10.8 Å². The molecule has 0 radical (unpaired) electrons. The van der Waals surface area contributed by atoms with Gasteiger partial charge in [-0.25, -0.2) is 0 Å². The van der Waals surface area contributed by atoms with Gasteiger partial charge in [-0.05, 0) is 28.7 Å². The Labute approximate surface area is 123 Å². The average Bonchev–Trinajstić information content (AvgIpc) is 3.32. The minimum atomic E-state index is -0.425. The van der Waals surface area contributed by atoms with E-state index in [1.165, 1.54) is 23.4 Å². The molecular weight excluding hydrogens is 266 g/mol. The minimum Gasteiger partial charge on any atom is -0.468 e. The molecule has 1 amide bonds. The zero-order chi connectivity index (χ0) is 14.8. The van der Waals surface area contributed by atoms with Crippen molar-refractivity contribution in [3.8, 4) is 0 Å². The van der Waals surface area contributed by atoms with Crippen molar-refractivity contribution in [3.05, 3.63) is 48.0 Å². The van der Waals surface area contributed by atoms with Crippen molar-refractivity contribution in [2.45, 2.75) is 12.3 Å². The molecular formula is C17H17NO3. The van der Waals surface area contributed by atoms with Crippen molar-refractivity contribution in [1.82, 2.24) is 5.32 Å². The van der Waals surface area contributed by atoms with Crippen molar-refractivity contribution in [3.63, 3.8) is 0 Å². The Morgan fingerprint density at radius 3 is 2.76 bits per heavy atom. The van der Waals surface area contributed by atoms with Crippen molar-refractivity contribution < 1.29 is 14.3 Å². The number of ether oxygens (including phenoxy) is 1. The number of fused-ring (bicyclic) bond motifs is 1. The Bertz CT molecular complexity index is 690. The summed E-state index contributed by atoms with van der Waals surface area (Å²) < 4.78 is 4.52. The fraction of sp³-hybridized carbons (Fsp3) is 0.294. The van der Waals surface area contributed by atoms with Gasteiger partial charge in [0.15, 0.2) is 0 Å². The molecule has 0 heterocycles. The summed E-state index contributed by atoms with van der Waals surface area (Å²) in [6.45, 7) is -0.0614. The summed E-state index contributed by atoms with van der Waals surface area (Å²) in [5.74, 6) is -0.293. The van der Waals surface area contributed by atoms with E-state index in [0.717, 1.165) is 6.42 Å². The maximum Gasteiger partial charge on any atom is 0.325 e. The molecule has 21 heavy (non-hydrogen) atoms. The molecule has 2 aromatic rings. The molecule has 4 nitrogen and oxygen atoms in total. The third-order valence-corrected chi connectivity index (χ3v) is 3.98. The summed E-state index contributed by atoms with van der Waals surface area (Å²) in [6.07, 6.45) is 0.834. The van der Waals surface area contributed by atoms with Crippen LogP contribution < -0.4 is 5.32 Å². The molecule has 0 bridgehead atoms. The fourth-order valence-corrected chi connectivity index (χ4v) is 2.76. The van der Waals surface area contributed by atoms with Gasteiger partial charge < -0.3 is 10.1 Å². The van der Waals surface area contributed by atoms with Gasteiger partial charge >= 0.3 is 5.97 Å². The Morgan fingerprint density at radius 1 is 1.19 bits per heavy atom. The number of methoxy groups -OCH3 is 1. The predicted molar refractivity (Wildman–Crippen MR) is 79.8 cm³/mol. The van der Waals surface area contributed by atoms with E-state index < -0.39 is 5.97 Å². The molecule has 1 aliphatic carbocycles. The first kappa shape index (κ1) is 13.6. The lowest BCUT2D eigenvalue weighted by atomic mass is 10.00. The number of hydrogen-bond donors (Lipinski definition) is 1. The quantitative estimate of drug-likeness (QED) is 0.875. The summed E-state index contributed by atoms with van der Waals surface area (Å²) >= 11 is 0. The number of rotatable bonds is 4. The molecule has 0 aliphatic heterocycles.